The molecule has 0 aliphatic heterocycles. The maximum absolute atomic E-state index is 12.9. The van der Waals surface area contributed by atoms with Gasteiger partial charge in [0.25, 0.3) is 11.8 Å². The molecule has 25 heavy (non-hydrogen) atoms. The van der Waals surface area contributed by atoms with Crippen molar-refractivity contribution in [3.05, 3.63) is 65.2 Å². The molecule has 132 valence electrons. The number of nitrogens with zero attached hydrogens (tertiary/aromatic N) is 1. The first-order chi connectivity index (χ1) is 12.0. The highest BCUT2D eigenvalue weighted by molar-refractivity contribution is 5.99. The fourth-order valence-corrected chi connectivity index (χ4v) is 2.17. The minimum absolute atomic E-state index is 0.0562. The normalized spacial score (nSPS) is 11.6. The SMILES string of the molecule is CCC(C)NC(=O)c1cncc(C(=O)NCCc2ccc(F)cc2)c1. The lowest BCUT2D eigenvalue weighted by Gasteiger charge is -2.11. The van der Waals surface area contributed by atoms with Crippen LogP contribution in [0.1, 0.15) is 46.5 Å². The van der Waals surface area contributed by atoms with E-state index in [0.29, 0.717) is 24.1 Å². The summed E-state index contributed by atoms with van der Waals surface area (Å²) in [7, 11) is 0. The third-order valence-electron chi connectivity index (χ3n) is 3.86. The Morgan fingerprint density at radius 3 is 2.40 bits per heavy atom. The summed E-state index contributed by atoms with van der Waals surface area (Å²) in [5.74, 6) is -0.832. The van der Waals surface area contributed by atoms with Gasteiger partial charge >= 0.3 is 0 Å². The van der Waals surface area contributed by atoms with Crippen LogP contribution >= 0.6 is 0 Å². The Kier molecular flexibility index (Phi) is 6.62. The highest BCUT2D eigenvalue weighted by Crippen LogP contribution is 2.05. The predicted molar refractivity (Wildman–Crippen MR) is 93.9 cm³/mol. The second kappa shape index (κ2) is 8.92. The van der Waals surface area contributed by atoms with Crippen LogP contribution in [-0.2, 0) is 6.42 Å². The molecule has 0 bridgehead atoms. The van der Waals surface area contributed by atoms with Gasteiger partial charge < -0.3 is 10.6 Å². The van der Waals surface area contributed by atoms with E-state index in [1.165, 1.54) is 30.6 Å². The minimum Gasteiger partial charge on any atom is -0.352 e. The van der Waals surface area contributed by atoms with Crippen LogP contribution < -0.4 is 10.6 Å². The molecule has 1 heterocycles. The Hall–Kier alpha value is -2.76. The molecule has 0 spiro atoms. The number of nitrogens with one attached hydrogen (secondary N) is 2. The predicted octanol–water partition coefficient (Wildman–Crippen LogP) is 2.72. The zero-order chi connectivity index (χ0) is 18.2. The fourth-order valence-electron chi connectivity index (χ4n) is 2.17. The summed E-state index contributed by atoms with van der Waals surface area (Å²) in [5.41, 5.74) is 1.61. The third-order valence-corrected chi connectivity index (χ3v) is 3.86. The number of rotatable bonds is 7. The Balaban J connectivity index is 1.91. The van der Waals surface area contributed by atoms with E-state index in [9.17, 15) is 14.0 Å². The van der Waals surface area contributed by atoms with E-state index in [1.807, 2.05) is 13.8 Å². The van der Waals surface area contributed by atoms with E-state index in [2.05, 4.69) is 15.6 Å². The van der Waals surface area contributed by atoms with Crippen molar-refractivity contribution in [2.45, 2.75) is 32.7 Å². The first-order valence-corrected chi connectivity index (χ1v) is 8.28. The lowest BCUT2D eigenvalue weighted by atomic mass is 10.1. The van der Waals surface area contributed by atoms with Gasteiger partial charge in [0.1, 0.15) is 5.82 Å². The molecule has 0 saturated heterocycles. The van der Waals surface area contributed by atoms with Crippen molar-refractivity contribution < 1.29 is 14.0 Å². The van der Waals surface area contributed by atoms with Gasteiger partial charge in [0.2, 0.25) is 0 Å². The Labute approximate surface area is 146 Å². The fraction of sp³-hybridized carbons (Fsp3) is 0.316. The van der Waals surface area contributed by atoms with Crippen molar-refractivity contribution in [2.24, 2.45) is 0 Å². The number of hydrogen-bond donors (Lipinski definition) is 2. The highest BCUT2D eigenvalue weighted by atomic mass is 19.1. The van der Waals surface area contributed by atoms with Gasteiger partial charge in [-0.3, -0.25) is 14.6 Å². The summed E-state index contributed by atoms with van der Waals surface area (Å²) in [5, 5.41) is 5.62. The average Bonchev–Trinajstić information content (AvgIpc) is 2.63. The van der Waals surface area contributed by atoms with Crippen LogP contribution in [0, 0.1) is 5.82 Å². The van der Waals surface area contributed by atoms with Crippen LogP contribution in [0.3, 0.4) is 0 Å². The van der Waals surface area contributed by atoms with Crippen LogP contribution in [0.4, 0.5) is 4.39 Å². The topological polar surface area (TPSA) is 71.1 Å². The lowest BCUT2D eigenvalue weighted by molar-refractivity contribution is 0.0939. The molecule has 0 aliphatic rings. The van der Waals surface area contributed by atoms with Crippen molar-refractivity contribution in [3.63, 3.8) is 0 Å². The van der Waals surface area contributed by atoms with Crippen LogP contribution in [0.25, 0.3) is 0 Å². The second-order valence-electron chi connectivity index (χ2n) is 5.88. The van der Waals surface area contributed by atoms with Gasteiger partial charge in [0.05, 0.1) is 11.1 Å². The molecule has 0 radical (unpaired) electrons. The van der Waals surface area contributed by atoms with Crippen molar-refractivity contribution >= 4 is 11.8 Å². The van der Waals surface area contributed by atoms with E-state index in [4.69, 9.17) is 0 Å². The number of benzene rings is 1. The molecule has 0 saturated carbocycles. The molecule has 2 aromatic rings. The van der Waals surface area contributed by atoms with Gasteiger partial charge in [-0.05, 0) is 43.5 Å². The van der Waals surface area contributed by atoms with E-state index in [0.717, 1.165) is 12.0 Å². The molecule has 5 nitrogen and oxygen atoms in total. The molecular formula is C19H22FN3O2. The summed E-state index contributed by atoms with van der Waals surface area (Å²) in [6, 6.07) is 7.73. The average molecular weight is 343 g/mol. The number of carbonyl (C=O) groups is 2. The molecule has 2 N–H and O–H groups in total. The van der Waals surface area contributed by atoms with Crippen LogP contribution in [0.5, 0.6) is 0 Å². The first kappa shape index (κ1) is 18.6. The minimum atomic E-state index is -0.298. The molecule has 2 amide bonds. The van der Waals surface area contributed by atoms with E-state index < -0.39 is 0 Å². The van der Waals surface area contributed by atoms with E-state index in [-0.39, 0.29) is 23.7 Å². The summed E-state index contributed by atoms with van der Waals surface area (Å²) in [6.07, 6.45) is 4.27. The molecule has 1 atom stereocenters. The Morgan fingerprint density at radius 1 is 1.12 bits per heavy atom. The smallest absolute Gasteiger partial charge is 0.253 e. The summed E-state index contributed by atoms with van der Waals surface area (Å²) >= 11 is 0. The van der Waals surface area contributed by atoms with Crippen molar-refractivity contribution in [1.82, 2.24) is 15.6 Å². The van der Waals surface area contributed by atoms with E-state index >= 15 is 0 Å². The zero-order valence-electron chi connectivity index (χ0n) is 14.4. The van der Waals surface area contributed by atoms with Gasteiger partial charge in [-0.2, -0.15) is 0 Å². The zero-order valence-corrected chi connectivity index (χ0v) is 14.4. The number of aromatic nitrogens is 1. The van der Waals surface area contributed by atoms with Gasteiger partial charge in [0, 0.05) is 25.0 Å². The Bertz CT molecular complexity index is 732. The summed E-state index contributed by atoms with van der Waals surface area (Å²) in [6.45, 7) is 4.30. The molecular weight excluding hydrogens is 321 g/mol. The molecule has 0 aliphatic carbocycles. The monoisotopic (exact) mass is 343 g/mol. The molecule has 1 aromatic heterocycles. The largest absolute Gasteiger partial charge is 0.352 e. The standard InChI is InChI=1S/C19H22FN3O2/c1-3-13(2)23-19(25)16-10-15(11-21-12-16)18(24)22-9-8-14-4-6-17(20)7-5-14/h4-7,10-13H,3,8-9H2,1-2H3,(H,22,24)(H,23,25). The maximum Gasteiger partial charge on any atom is 0.253 e. The molecule has 1 aromatic carbocycles. The van der Waals surface area contributed by atoms with Crippen molar-refractivity contribution in [2.75, 3.05) is 6.54 Å². The molecule has 2 rings (SSSR count). The van der Waals surface area contributed by atoms with E-state index in [1.54, 1.807) is 12.1 Å². The number of amides is 2. The first-order valence-electron chi connectivity index (χ1n) is 8.28. The van der Waals surface area contributed by atoms with Crippen LogP contribution in [0.15, 0.2) is 42.7 Å². The van der Waals surface area contributed by atoms with Gasteiger partial charge in [-0.15, -0.1) is 0 Å². The third kappa shape index (κ3) is 5.67. The van der Waals surface area contributed by atoms with Gasteiger partial charge in [0.15, 0.2) is 0 Å². The number of halogens is 1. The number of hydrogen-bond acceptors (Lipinski definition) is 3. The molecule has 1 unspecified atom stereocenters. The summed E-state index contributed by atoms with van der Waals surface area (Å²) < 4.78 is 12.9. The van der Waals surface area contributed by atoms with Crippen molar-refractivity contribution in [1.29, 1.82) is 0 Å². The number of carbonyl (C=O) groups excluding carboxylic acids is 2. The Morgan fingerprint density at radius 2 is 1.76 bits per heavy atom. The highest BCUT2D eigenvalue weighted by Gasteiger charge is 2.12. The second-order valence-corrected chi connectivity index (χ2v) is 5.88. The number of pyridine rings is 1. The quantitative estimate of drug-likeness (QED) is 0.812. The molecule has 0 fully saturated rings. The maximum atomic E-state index is 12.9. The molecule has 6 heteroatoms. The van der Waals surface area contributed by atoms with Gasteiger partial charge in [-0.1, -0.05) is 19.1 Å². The van der Waals surface area contributed by atoms with Crippen molar-refractivity contribution in [3.8, 4) is 0 Å². The van der Waals surface area contributed by atoms with Crippen LogP contribution in [-0.4, -0.2) is 29.4 Å². The summed E-state index contributed by atoms with van der Waals surface area (Å²) in [4.78, 5) is 28.3. The van der Waals surface area contributed by atoms with Crippen LogP contribution in [0.2, 0.25) is 0 Å². The van der Waals surface area contributed by atoms with Gasteiger partial charge in [-0.25, -0.2) is 4.39 Å². The lowest BCUT2D eigenvalue weighted by Crippen LogP contribution is -2.32.